The van der Waals surface area contributed by atoms with Gasteiger partial charge < -0.3 is 10.3 Å². The zero-order chi connectivity index (χ0) is 9.26. The molecule has 0 aromatic carbocycles. The average molecular weight is 201 g/mol. The van der Waals surface area contributed by atoms with E-state index in [2.05, 4.69) is 5.16 Å². The predicted molar refractivity (Wildman–Crippen MR) is 53.4 cm³/mol. The first-order valence-corrected chi connectivity index (χ1v) is 5.86. The second-order valence-corrected chi connectivity index (χ2v) is 5.06. The molecule has 0 heterocycles. The lowest BCUT2D eigenvalue weighted by Crippen LogP contribution is -2.25. The van der Waals surface area contributed by atoms with Crippen LogP contribution >= 0.6 is 11.8 Å². The molecular weight excluding hydrogens is 186 g/mol. The zero-order valence-electron chi connectivity index (χ0n) is 7.52. The van der Waals surface area contributed by atoms with E-state index in [1.807, 2.05) is 0 Å². The van der Waals surface area contributed by atoms with Gasteiger partial charge >= 0.3 is 0 Å². The third kappa shape index (κ3) is 1.57. The minimum Gasteiger partial charge on any atom is -0.411 e. The van der Waals surface area contributed by atoms with Gasteiger partial charge in [0.2, 0.25) is 0 Å². The Morgan fingerprint density at radius 3 is 3.00 bits per heavy atom. The lowest BCUT2D eigenvalue weighted by Gasteiger charge is -2.21. The van der Waals surface area contributed by atoms with Crippen LogP contribution in [0.1, 0.15) is 19.3 Å². The molecule has 4 heteroatoms. The van der Waals surface area contributed by atoms with Gasteiger partial charge in [-0.05, 0) is 25.2 Å². The van der Waals surface area contributed by atoms with Gasteiger partial charge in [0.15, 0.2) is 0 Å². The van der Waals surface area contributed by atoms with Crippen molar-refractivity contribution in [3.8, 4) is 0 Å². The molecule has 2 N–H and O–H groups in total. The number of nitrogens with zero attached hydrogens (tertiary/aromatic N) is 1. The van der Waals surface area contributed by atoms with Gasteiger partial charge in [-0.3, -0.25) is 0 Å². The SMILES string of the molecule is OCCS[C@@H]1/C(=N/O)[C@@H]2CC[C@H]1C2. The van der Waals surface area contributed by atoms with E-state index in [0.29, 0.717) is 17.1 Å². The van der Waals surface area contributed by atoms with Gasteiger partial charge in [0.05, 0.1) is 12.3 Å². The summed E-state index contributed by atoms with van der Waals surface area (Å²) in [6.07, 6.45) is 3.66. The van der Waals surface area contributed by atoms with Crippen molar-refractivity contribution in [2.24, 2.45) is 17.0 Å². The minimum atomic E-state index is 0.220. The highest BCUT2D eigenvalue weighted by atomic mass is 32.2. The van der Waals surface area contributed by atoms with E-state index in [1.165, 1.54) is 19.3 Å². The highest BCUT2D eigenvalue weighted by molar-refractivity contribution is 8.00. The second-order valence-electron chi connectivity index (χ2n) is 3.81. The third-order valence-corrected chi connectivity index (χ3v) is 4.52. The van der Waals surface area contributed by atoms with E-state index in [-0.39, 0.29) is 6.61 Å². The molecule has 2 bridgehead atoms. The van der Waals surface area contributed by atoms with Crippen molar-refractivity contribution < 1.29 is 10.3 Å². The van der Waals surface area contributed by atoms with Crippen LogP contribution in [0.15, 0.2) is 5.16 Å². The molecule has 3 nitrogen and oxygen atoms in total. The van der Waals surface area contributed by atoms with Crippen molar-refractivity contribution in [1.82, 2.24) is 0 Å². The fourth-order valence-electron chi connectivity index (χ4n) is 2.57. The van der Waals surface area contributed by atoms with Crippen LogP contribution in [0.25, 0.3) is 0 Å². The van der Waals surface area contributed by atoms with Gasteiger partial charge in [-0.15, -0.1) is 11.8 Å². The van der Waals surface area contributed by atoms with Gasteiger partial charge in [0, 0.05) is 16.9 Å². The van der Waals surface area contributed by atoms with Crippen LogP contribution in [-0.2, 0) is 0 Å². The van der Waals surface area contributed by atoms with Crippen LogP contribution in [-0.4, -0.2) is 33.6 Å². The number of hydrogen-bond acceptors (Lipinski definition) is 4. The van der Waals surface area contributed by atoms with Crippen molar-refractivity contribution in [1.29, 1.82) is 0 Å². The summed E-state index contributed by atoms with van der Waals surface area (Å²) in [5, 5.41) is 21.4. The maximum Gasteiger partial charge on any atom is 0.0734 e. The number of aliphatic hydroxyl groups excluding tert-OH is 1. The van der Waals surface area contributed by atoms with Crippen molar-refractivity contribution in [2.45, 2.75) is 24.5 Å². The van der Waals surface area contributed by atoms with Crippen LogP contribution in [0.3, 0.4) is 0 Å². The van der Waals surface area contributed by atoms with Crippen LogP contribution in [0.4, 0.5) is 0 Å². The Balaban J connectivity index is 2.01. The minimum absolute atomic E-state index is 0.220. The summed E-state index contributed by atoms with van der Waals surface area (Å²) in [5.74, 6) is 1.99. The van der Waals surface area contributed by atoms with Crippen molar-refractivity contribution >= 4 is 17.5 Å². The standard InChI is InChI=1S/C9H15NO2S/c11-3-4-13-9-7-2-1-6(5-7)8(9)10-12/h6-7,9,11-12H,1-5H2/b10-8+/t6-,7+,9+/m1/s1. The zero-order valence-corrected chi connectivity index (χ0v) is 8.33. The molecule has 0 radical (unpaired) electrons. The molecule has 2 fully saturated rings. The van der Waals surface area contributed by atoms with E-state index >= 15 is 0 Å². The summed E-state index contributed by atoms with van der Waals surface area (Å²) < 4.78 is 0. The maximum atomic E-state index is 8.87. The highest BCUT2D eigenvalue weighted by Gasteiger charge is 2.45. The summed E-state index contributed by atoms with van der Waals surface area (Å²) in [6, 6.07) is 0. The fourth-order valence-corrected chi connectivity index (χ4v) is 3.86. The fraction of sp³-hybridized carbons (Fsp3) is 0.889. The summed E-state index contributed by atoms with van der Waals surface area (Å²) in [7, 11) is 0. The first-order chi connectivity index (χ1) is 6.36. The van der Waals surface area contributed by atoms with E-state index in [4.69, 9.17) is 10.3 Å². The number of thioether (sulfide) groups is 1. The molecule has 0 amide bonds. The molecule has 0 aromatic heterocycles. The Labute approximate surface area is 82.2 Å². The Morgan fingerprint density at radius 1 is 1.46 bits per heavy atom. The Kier molecular flexibility index (Phi) is 2.79. The number of hydrogen-bond donors (Lipinski definition) is 2. The quantitative estimate of drug-likeness (QED) is 0.535. The molecule has 2 aliphatic rings. The van der Waals surface area contributed by atoms with Crippen LogP contribution in [0.5, 0.6) is 0 Å². The molecule has 0 spiro atoms. The van der Waals surface area contributed by atoms with Gasteiger partial charge in [-0.1, -0.05) is 5.16 Å². The summed E-state index contributed by atoms with van der Waals surface area (Å²) >= 11 is 1.74. The molecule has 0 aromatic rings. The summed E-state index contributed by atoms with van der Waals surface area (Å²) in [4.78, 5) is 0. The smallest absolute Gasteiger partial charge is 0.0734 e. The molecule has 0 aliphatic heterocycles. The molecule has 2 saturated carbocycles. The Morgan fingerprint density at radius 2 is 2.31 bits per heavy atom. The van der Waals surface area contributed by atoms with Gasteiger partial charge in [-0.25, -0.2) is 0 Å². The topological polar surface area (TPSA) is 52.8 Å². The van der Waals surface area contributed by atoms with E-state index in [9.17, 15) is 0 Å². The third-order valence-electron chi connectivity index (χ3n) is 3.12. The summed E-state index contributed by atoms with van der Waals surface area (Å²) in [5.41, 5.74) is 0.981. The molecule has 0 saturated heterocycles. The Bertz CT molecular complexity index is 220. The number of oxime groups is 1. The molecule has 0 unspecified atom stereocenters. The molecule has 2 rings (SSSR count). The van der Waals surface area contributed by atoms with E-state index < -0.39 is 0 Å². The maximum absolute atomic E-state index is 8.87. The van der Waals surface area contributed by atoms with Crippen LogP contribution < -0.4 is 0 Å². The lowest BCUT2D eigenvalue weighted by molar-refractivity contribution is 0.313. The summed E-state index contributed by atoms with van der Waals surface area (Å²) in [6.45, 7) is 0.220. The lowest BCUT2D eigenvalue weighted by atomic mass is 9.98. The van der Waals surface area contributed by atoms with Crippen LogP contribution in [0.2, 0.25) is 0 Å². The molecule has 74 valence electrons. The monoisotopic (exact) mass is 201 g/mol. The first kappa shape index (κ1) is 9.34. The van der Waals surface area contributed by atoms with Gasteiger partial charge in [-0.2, -0.15) is 0 Å². The molecule has 2 aliphatic carbocycles. The number of fused-ring (bicyclic) bond motifs is 2. The largest absolute Gasteiger partial charge is 0.411 e. The predicted octanol–water partition coefficient (Wildman–Crippen LogP) is 1.34. The van der Waals surface area contributed by atoms with Crippen molar-refractivity contribution in [3.63, 3.8) is 0 Å². The van der Waals surface area contributed by atoms with Crippen molar-refractivity contribution in [2.75, 3.05) is 12.4 Å². The second kappa shape index (κ2) is 3.88. The molecular formula is C9H15NO2S. The van der Waals surface area contributed by atoms with E-state index in [0.717, 1.165) is 11.5 Å². The van der Waals surface area contributed by atoms with Crippen LogP contribution in [0, 0.1) is 11.8 Å². The number of aliphatic hydroxyl groups is 1. The van der Waals surface area contributed by atoms with E-state index in [1.54, 1.807) is 11.8 Å². The van der Waals surface area contributed by atoms with Crippen molar-refractivity contribution in [3.05, 3.63) is 0 Å². The number of rotatable bonds is 3. The Hall–Kier alpha value is -0.220. The van der Waals surface area contributed by atoms with Gasteiger partial charge in [0.25, 0.3) is 0 Å². The average Bonchev–Trinajstić information content (AvgIpc) is 2.73. The highest BCUT2D eigenvalue weighted by Crippen LogP contribution is 2.47. The molecule has 3 atom stereocenters. The van der Waals surface area contributed by atoms with Gasteiger partial charge in [0.1, 0.15) is 0 Å². The normalized spacial score (nSPS) is 40.4. The first-order valence-electron chi connectivity index (χ1n) is 4.81. The molecule has 13 heavy (non-hydrogen) atoms.